The maximum Gasteiger partial charge on any atom is 0.411 e. The smallest absolute Gasteiger partial charge is 0.399 e. The standard InChI is InChI=1S/C10H11Cl2F3N2O3S/c11-7-3-6(16)4-8(12)9(7)21(18,19)17-1-2-20-5-10(13,14)15/h3-4,17H,1-2,5,16H2. The Labute approximate surface area is 129 Å². The largest absolute Gasteiger partial charge is 0.411 e. The molecule has 5 nitrogen and oxygen atoms in total. The highest BCUT2D eigenvalue weighted by Crippen LogP contribution is 2.31. The fourth-order valence-electron chi connectivity index (χ4n) is 1.34. The number of nitrogen functional groups attached to an aromatic ring is 1. The molecule has 0 bridgehead atoms. The summed E-state index contributed by atoms with van der Waals surface area (Å²) in [4.78, 5) is -0.393. The minimum absolute atomic E-state index is 0.178. The first kappa shape index (κ1) is 18.3. The Hall–Kier alpha value is -0.740. The summed E-state index contributed by atoms with van der Waals surface area (Å²) in [6, 6.07) is 2.39. The van der Waals surface area contributed by atoms with Crippen molar-refractivity contribution in [3.05, 3.63) is 22.2 Å². The lowest BCUT2D eigenvalue weighted by Crippen LogP contribution is -2.29. The second-order valence-corrected chi connectivity index (χ2v) is 6.40. The highest BCUT2D eigenvalue weighted by molar-refractivity contribution is 7.89. The van der Waals surface area contributed by atoms with Gasteiger partial charge in [0, 0.05) is 12.2 Å². The van der Waals surface area contributed by atoms with Crippen molar-refractivity contribution in [2.45, 2.75) is 11.1 Å². The van der Waals surface area contributed by atoms with Gasteiger partial charge in [0.05, 0.1) is 16.7 Å². The molecule has 0 atom stereocenters. The molecule has 0 amide bonds. The molecule has 0 aliphatic heterocycles. The van der Waals surface area contributed by atoms with Crippen LogP contribution in [0.15, 0.2) is 17.0 Å². The lowest BCUT2D eigenvalue weighted by molar-refractivity contribution is -0.173. The minimum atomic E-state index is -4.47. The molecule has 21 heavy (non-hydrogen) atoms. The van der Waals surface area contributed by atoms with Gasteiger partial charge in [0.15, 0.2) is 0 Å². The van der Waals surface area contributed by atoms with Gasteiger partial charge in [-0.3, -0.25) is 0 Å². The van der Waals surface area contributed by atoms with Gasteiger partial charge >= 0.3 is 6.18 Å². The molecule has 0 fully saturated rings. The Morgan fingerprint density at radius 1 is 1.24 bits per heavy atom. The summed E-state index contributed by atoms with van der Waals surface area (Å²) in [6.07, 6.45) is -4.47. The van der Waals surface area contributed by atoms with E-state index in [0.29, 0.717) is 0 Å². The van der Waals surface area contributed by atoms with E-state index in [1.165, 1.54) is 12.1 Å². The normalized spacial score (nSPS) is 12.6. The number of hydrogen-bond donors (Lipinski definition) is 2. The van der Waals surface area contributed by atoms with Gasteiger partial charge in [0.2, 0.25) is 10.0 Å². The van der Waals surface area contributed by atoms with Crippen LogP contribution in [0.1, 0.15) is 0 Å². The van der Waals surface area contributed by atoms with Crippen LogP contribution in [-0.2, 0) is 14.8 Å². The highest BCUT2D eigenvalue weighted by Gasteiger charge is 2.27. The summed E-state index contributed by atoms with van der Waals surface area (Å²) in [6.45, 7) is -2.28. The molecule has 0 saturated carbocycles. The number of halogens is 5. The molecule has 3 N–H and O–H groups in total. The van der Waals surface area contributed by atoms with Gasteiger partial charge in [-0.25, -0.2) is 13.1 Å². The predicted molar refractivity (Wildman–Crippen MR) is 72.9 cm³/mol. The van der Waals surface area contributed by atoms with Crippen molar-refractivity contribution < 1.29 is 26.3 Å². The number of ether oxygens (including phenoxy) is 1. The first-order valence-corrected chi connectivity index (χ1v) is 7.65. The number of hydrogen-bond acceptors (Lipinski definition) is 4. The third-order valence-corrected chi connectivity index (χ3v) is 4.48. The zero-order valence-corrected chi connectivity index (χ0v) is 12.7. The number of anilines is 1. The Morgan fingerprint density at radius 3 is 2.24 bits per heavy atom. The van der Waals surface area contributed by atoms with Crippen molar-refractivity contribution in [3.63, 3.8) is 0 Å². The molecule has 1 rings (SSSR count). The van der Waals surface area contributed by atoms with Crippen LogP contribution in [0, 0.1) is 0 Å². The number of rotatable bonds is 6. The van der Waals surface area contributed by atoms with E-state index < -0.39 is 34.3 Å². The maximum absolute atomic E-state index is 11.9. The summed E-state index contributed by atoms with van der Waals surface area (Å²) >= 11 is 11.5. The maximum atomic E-state index is 11.9. The molecule has 0 aromatic heterocycles. The van der Waals surface area contributed by atoms with Crippen molar-refractivity contribution in [3.8, 4) is 0 Å². The van der Waals surface area contributed by atoms with Crippen LogP contribution in [0.3, 0.4) is 0 Å². The van der Waals surface area contributed by atoms with Crippen LogP contribution in [-0.4, -0.2) is 34.4 Å². The second kappa shape index (κ2) is 7.01. The number of alkyl halides is 3. The number of benzene rings is 1. The summed E-state index contributed by atoms with van der Waals surface area (Å²) < 4.78 is 65.6. The molecule has 11 heteroatoms. The van der Waals surface area contributed by atoms with E-state index in [1.807, 2.05) is 4.72 Å². The zero-order chi connectivity index (χ0) is 16.3. The predicted octanol–water partition coefficient (Wildman–Crippen LogP) is 2.43. The van der Waals surface area contributed by atoms with E-state index in [4.69, 9.17) is 28.9 Å². The topological polar surface area (TPSA) is 81.4 Å². The lowest BCUT2D eigenvalue weighted by Gasteiger charge is -2.11. The van der Waals surface area contributed by atoms with Gasteiger partial charge in [-0.1, -0.05) is 23.2 Å². The van der Waals surface area contributed by atoms with E-state index in [2.05, 4.69) is 4.74 Å². The van der Waals surface area contributed by atoms with Gasteiger partial charge in [-0.05, 0) is 12.1 Å². The minimum Gasteiger partial charge on any atom is -0.399 e. The Morgan fingerprint density at radius 2 is 1.76 bits per heavy atom. The third-order valence-electron chi connectivity index (χ3n) is 2.09. The fraction of sp³-hybridized carbons (Fsp3) is 0.400. The molecule has 120 valence electrons. The van der Waals surface area contributed by atoms with Crippen LogP contribution in [0.4, 0.5) is 18.9 Å². The third kappa shape index (κ3) is 5.87. The Kier molecular flexibility index (Phi) is 6.11. The Bertz CT molecular complexity index is 585. The lowest BCUT2D eigenvalue weighted by atomic mass is 10.3. The summed E-state index contributed by atoms with van der Waals surface area (Å²) in [7, 11) is -4.09. The van der Waals surface area contributed by atoms with Crippen LogP contribution in [0.25, 0.3) is 0 Å². The van der Waals surface area contributed by atoms with E-state index in [-0.39, 0.29) is 22.3 Å². The molecule has 0 aliphatic carbocycles. The van der Waals surface area contributed by atoms with Gasteiger partial charge in [0.1, 0.15) is 11.5 Å². The fourth-order valence-corrected chi connectivity index (χ4v) is 3.59. The Balaban J connectivity index is 2.67. The number of nitrogens with one attached hydrogen (secondary N) is 1. The first-order valence-electron chi connectivity index (χ1n) is 5.41. The van der Waals surface area contributed by atoms with E-state index in [9.17, 15) is 21.6 Å². The molecule has 1 aromatic rings. The van der Waals surface area contributed by atoms with Crippen molar-refractivity contribution >= 4 is 38.9 Å². The van der Waals surface area contributed by atoms with Crippen molar-refractivity contribution in [1.82, 2.24) is 4.72 Å². The molecule has 0 spiro atoms. The van der Waals surface area contributed by atoms with Crippen LogP contribution >= 0.6 is 23.2 Å². The molecule has 1 aromatic carbocycles. The second-order valence-electron chi connectivity index (χ2n) is 3.88. The van der Waals surface area contributed by atoms with Gasteiger partial charge in [0.25, 0.3) is 0 Å². The van der Waals surface area contributed by atoms with E-state index in [1.54, 1.807) is 0 Å². The average Bonchev–Trinajstić information content (AvgIpc) is 2.24. The molecule has 0 saturated heterocycles. The van der Waals surface area contributed by atoms with Gasteiger partial charge in [-0.2, -0.15) is 13.2 Å². The van der Waals surface area contributed by atoms with Crippen LogP contribution in [0.2, 0.25) is 10.0 Å². The first-order chi connectivity index (χ1) is 9.53. The van der Waals surface area contributed by atoms with Crippen molar-refractivity contribution in [2.75, 3.05) is 25.5 Å². The molecule has 0 heterocycles. The van der Waals surface area contributed by atoms with Gasteiger partial charge in [-0.15, -0.1) is 0 Å². The summed E-state index contributed by atoms with van der Waals surface area (Å²) in [5.74, 6) is 0. The average molecular weight is 367 g/mol. The van der Waals surface area contributed by atoms with Crippen LogP contribution in [0.5, 0.6) is 0 Å². The monoisotopic (exact) mass is 366 g/mol. The molecule has 0 radical (unpaired) electrons. The zero-order valence-electron chi connectivity index (χ0n) is 10.4. The molecule has 0 aliphatic rings. The van der Waals surface area contributed by atoms with E-state index >= 15 is 0 Å². The van der Waals surface area contributed by atoms with Crippen molar-refractivity contribution in [1.29, 1.82) is 0 Å². The molecule has 0 unspecified atom stereocenters. The quantitative estimate of drug-likeness (QED) is 0.598. The molecular formula is C10H11Cl2F3N2O3S. The molecular weight excluding hydrogens is 356 g/mol. The highest BCUT2D eigenvalue weighted by atomic mass is 35.5. The number of sulfonamides is 1. The van der Waals surface area contributed by atoms with E-state index in [0.717, 1.165) is 0 Å². The SMILES string of the molecule is Nc1cc(Cl)c(S(=O)(=O)NCCOCC(F)(F)F)c(Cl)c1. The van der Waals surface area contributed by atoms with Crippen molar-refractivity contribution in [2.24, 2.45) is 0 Å². The van der Waals surface area contributed by atoms with Gasteiger partial charge < -0.3 is 10.5 Å². The number of nitrogens with two attached hydrogens (primary N) is 1. The summed E-state index contributed by atoms with van der Waals surface area (Å²) in [5.41, 5.74) is 5.62. The summed E-state index contributed by atoms with van der Waals surface area (Å²) in [5, 5.41) is -0.382. The van der Waals surface area contributed by atoms with Crippen LogP contribution < -0.4 is 10.5 Å².